The Morgan fingerprint density at radius 2 is 1.58 bits per heavy atom. The number of ether oxygens (including phenoxy) is 1. The first-order valence-corrected chi connectivity index (χ1v) is 11.5. The molecule has 0 aromatic heterocycles. The van der Waals surface area contributed by atoms with Gasteiger partial charge in [0.2, 0.25) is 17.7 Å². The summed E-state index contributed by atoms with van der Waals surface area (Å²) in [5, 5.41) is 0. The first-order chi connectivity index (χ1) is 15.9. The molecule has 0 N–H and O–H groups in total. The third-order valence-corrected chi connectivity index (χ3v) is 6.94. The van der Waals surface area contributed by atoms with Gasteiger partial charge in [-0.05, 0) is 44.0 Å². The maximum absolute atomic E-state index is 12.9. The van der Waals surface area contributed by atoms with E-state index in [1.54, 1.807) is 29.2 Å². The largest absolute Gasteiger partial charge is 0.426 e. The number of carbonyl (C=O) groups excluding carboxylic acids is 4. The van der Waals surface area contributed by atoms with Crippen molar-refractivity contribution >= 4 is 35.1 Å². The molecule has 7 nitrogen and oxygen atoms in total. The average Bonchev–Trinajstić information content (AvgIpc) is 3.32. The van der Waals surface area contributed by atoms with Gasteiger partial charge >= 0.3 is 5.97 Å². The molecule has 0 bridgehead atoms. The third kappa shape index (κ3) is 3.92. The number of hydrogen-bond donors (Lipinski definition) is 0. The van der Waals surface area contributed by atoms with Crippen LogP contribution < -0.4 is 14.5 Å². The topological polar surface area (TPSA) is 84.0 Å². The molecule has 3 aliphatic rings. The van der Waals surface area contributed by atoms with Crippen LogP contribution in [0.2, 0.25) is 0 Å². The van der Waals surface area contributed by atoms with E-state index in [4.69, 9.17) is 4.74 Å². The summed E-state index contributed by atoms with van der Waals surface area (Å²) in [5.74, 6) is -1.75. The minimum atomic E-state index is -0.583. The summed E-state index contributed by atoms with van der Waals surface area (Å²) in [5.41, 5.74) is 2.28. The van der Waals surface area contributed by atoms with Crippen LogP contribution in [0.25, 0.3) is 0 Å². The van der Waals surface area contributed by atoms with E-state index in [1.807, 2.05) is 31.2 Å². The van der Waals surface area contributed by atoms with Gasteiger partial charge in [-0.1, -0.05) is 36.6 Å². The van der Waals surface area contributed by atoms with Crippen LogP contribution in [-0.2, 0) is 19.2 Å². The molecular formula is C26H26N2O5. The van der Waals surface area contributed by atoms with Gasteiger partial charge in [0.25, 0.3) is 0 Å². The van der Waals surface area contributed by atoms with Crippen LogP contribution >= 0.6 is 0 Å². The molecule has 2 aromatic carbocycles. The van der Waals surface area contributed by atoms with Crippen LogP contribution in [0, 0.1) is 24.7 Å². The lowest BCUT2D eigenvalue weighted by molar-refractivity contribution is -0.139. The molecule has 1 saturated carbocycles. The number of esters is 1. The Morgan fingerprint density at radius 3 is 2.24 bits per heavy atom. The Kier molecular flexibility index (Phi) is 5.48. The average molecular weight is 447 g/mol. The number of aryl methyl sites for hydroxylation is 1. The van der Waals surface area contributed by atoms with Gasteiger partial charge in [-0.25, -0.2) is 4.90 Å². The first kappa shape index (κ1) is 21.4. The van der Waals surface area contributed by atoms with Crippen LogP contribution in [0.15, 0.2) is 48.5 Å². The maximum atomic E-state index is 12.9. The molecule has 5 rings (SSSR count). The number of carbonyl (C=O) groups is 4. The molecule has 3 fully saturated rings. The highest BCUT2D eigenvalue weighted by molar-refractivity contribution is 6.22. The van der Waals surface area contributed by atoms with Crippen molar-refractivity contribution in [3.05, 3.63) is 54.1 Å². The predicted octanol–water partition coefficient (Wildman–Crippen LogP) is 3.63. The summed E-state index contributed by atoms with van der Waals surface area (Å²) < 4.78 is 5.57. The highest BCUT2D eigenvalue weighted by Gasteiger charge is 2.48. The highest BCUT2D eigenvalue weighted by atomic mass is 16.5. The van der Waals surface area contributed by atoms with Gasteiger partial charge < -0.3 is 9.64 Å². The van der Waals surface area contributed by atoms with Crippen LogP contribution in [0.1, 0.15) is 37.7 Å². The number of nitrogens with zero attached hydrogens (tertiary/aromatic N) is 2. The molecule has 33 heavy (non-hydrogen) atoms. The Balaban J connectivity index is 1.29. The van der Waals surface area contributed by atoms with E-state index in [9.17, 15) is 19.2 Å². The number of imide groups is 1. The van der Waals surface area contributed by atoms with E-state index in [0.29, 0.717) is 5.69 Å². The standard InChI is InChI=1S/C26H26N2O5/c1-16-9-11-18(12-10-16)27-15-17(13-23(27)29)26(32)33-20-6-4-5-19(14-20)28-24(30)21-7-2-3-8-22(21)25(28)31/h4-6,9-12,14,17,21-22H,2-3,7-8,13,15H2,1H3/t17-,21-,22+/m1/s1. The molecular weight excluding hydrogens is 420 g/mol. The second-order valence-electron chi connectivity index (χ2n) is 9.17. The van der Waals surface area contributed by atoms with E-state index in [0.717, 1.165) is 36.9 Å². The number of rotatable bonds is 4. The lowest BCUT2D eigenvalue weighted by atomic mass is 9.81. The fourth-order valence-electron chi connectivity index (χ4n) is 5.14. The number of benzene rings is 2. The quantitative estimate of drug-likeness (QED) is 0.407. The van der Waals surface area contributed by atoms with Crippen molar-refractivity contribution in [2.24, 2.45) is 17.8 Å². The number of anilines is 2. The maximum Gasteiger partial charge on any atom is 0.316 e. The highest BCUT2D eigenvalue weighted by Crippen LogP contribution is 2.40. The summed E-state index contributed by atoms with van der Waals surface area (Å²) in [6.07, 6.45) is 3.50. The molecule has 7 heteroatoms. The Morgan fingerprint density at radius 1 is 0.909 bits per heavy atom. The van der Waals surface area contributed by atoms with Crippen molar-refractivity contribution in [1.82, 2.24) is 0 Å². The Hall–Kier alpha value is -3.48. The van der Waals surface area contributed by atoms with Crippen molar-refractivity contribution in [1.29, 1.82) is 0 Å². The zero-order chi connectivity index (χ0) is 23.1. The van der Waals surface area contributed by atoms with Crippen LogP contribution in [0.4, 0.5) is 11.4 Å². The number of hydrogen-bond acceptors (Lipinski definition) is 5. The summed E-state index contributed by atoms with van der Waals surface area (Å²) in [7, 11) is 0. The fraction of sp³-hybridized carbons (Fsp3) is 0.385. The Labute approximate surface area is 192 Å². The Bertz CT molecular complexity index is 1100. The molecule has 2 saturated heterocycles. The summed E-state index contributed by atoms with van der Waals surface area (Å²) >= 11 is 0. The van der Waals surface area contributed by atoms with Gasteiger partial charge in [0.1, 0.15) is 5.75 Å². The van der Waals surface area contributed by atoms with Gasteiger partial charge in [-0.15, -0.1) is 0 Å². The van der Waals surface area contributed by atoms with Crippen LogP contribution in [0.5, 0.6) is 5.75 Å². The van der Waals surface area contributed by atoms with Gasteiger partial charge in [0.15, 0.2) is 0 Å². The molecule has 3 atom stereocenters. The normalized spacial score (nSPS) is 24.9. The van der Waals surface area contributed by atoms with E-state index in [2.05, 4.69) is 0 Å². The minimum absolute atomic E-state index is 0.0822. The molecule has 2 aromatic rings. The molecule has 0 radical (unpaired) electrons. The first-order valence-electron chi connectivity index (χ1n) is 11.5. The second kappa shape index (κ2) is 8.46. The molecule has 2 heterocycles. The lowest BCUT2D eigenvalue weighted by Crippen LogP contribution is -2.31. The zero-order valence-electron chi connectivity index (χ0n) is 18.5. The second-order valence-corrected chi connectivity index (χ2v) is 9.17. The van der Waals surface area contributed by atoms with E-state index in [-0.39, 0.29) is 48.3 Å². The molecule has 3 amide bonds. The van der Waals surface area contributed by atoms with Crippen molar-refractivity contribution in [2.45, 2.75) is 39.0 Å². The molecule has 2 aliphatic heterocycles. The smallest absolute Gasteiger partial charge is 0.316 e. The third-order valence-electron chi connectivity index (χ3n) is 6.94. The number of fused-ring (bicyclic) bond motifs is 1. The monoisotopic (exact) mass is 446 g/mol. The lowest BCUT2D eigenvalue weighted by Gasteiger charge is -2.19. The SMILES string of the molecule is Cc1ccc(N2C[C@H](C(=O)Oc3cccc(N4C(=O)[C@H]5CCCC[C@H]5C4=O)c3)CC2=O)cc1. The summed E-state index contributed by atoms with van der Waals surface area (Å²) in [6, 6.07) is 14.1. The molecule has 0 unspecified atom stereocenters. The van der Waals surface area contributed by atoms with Gasteiger partial charge in [0, 0.05) is 24.7 Å². The van der Waals surface area contributed by atoms with Crippen molar-refractivity contribution in [3.8, 4) is 5.75 Å². The summed E-state index contributed by atoms with van der Waals surface area (Å²) in [6.45, 7) is 2.23. The van der Waals surface area contributed by atoms with Crippen molar-refractivity contribution in [3.63, 3.8) is 0 Å². The minimum Gasteiger partial charge on any atom is -0.426 e. The van der Waals surface area contributed by atoms with Gasteiger partial charge in [-0.3, -0.25) is 19.2 Å². The van der Waals surface area contributed by atoms with Crippen molar-refractivity contribution in [2.75, 3.05) is 16.3 Å². The molecule has 170 valence electrons. The summed E-state index contributed by atoms with van der Waals surface area (Å²) in [4.78, 5) is 53.9. The predicted molar refractivity (Wildman–Crippen MR) is 122 cm³/mol. The van der Waals surface area contributed by atoms with Gasteiger partial charge in [-0.2, -0.15) is 0 Å². The van der Waals surface area contributed by atoms with Gasteiger partial charge in [0.05, 0.1) is 23.4 Å². The fourth-order valence-corrected chi connectivity index (χ4v) is 5.14. The van der Waals surface area contributed by atoms with E-state index in [1.165, 1.54) is 4.90 Å². The zero-order valence-corrected chi connectivity index (χ0v) is 18.5. The number of amides is 3. The van der Waals surface area contributed by atoms with E-state index >= 15 is 0 Å². The van der Waals surface area contributed by atoms with Crippen molar-refractivity contribution < 1.29 is 23.9 Å². The molecule has 0 spiro atoms. The van der Waals surface area contributed by atoms with Crippen LogP contribution in [0.3, 0.4) is 0 Å². The van der Waals surface area contributed by atoms with E-state index < -0.39 is 11.9 Å². The van der Waals surface area contributed by atoms with Crippen LogP contribution in [-0.4, -0.2) is 30.2 Å². The molecule has 1 aliphatic carbocycles.